The van der Waals surface area contributed by atoms with Crippen LogP contribution < -0.4 is 10.6 Å². The molecule has 2 atom stereocenters. The highest BCUT2D eigenvalue weighted by atomic mass is 16.4. The van der Waals surface area contributed by atoms with Gasteiger partial charge in [0.2, 0.25) is 0 Å². The quantitative estimate of drug-likeness (QED) is 0.627. The van der Waals surface area contributed by atoms with Crippen LogP contribution in [0.3, 0.4) is 0 Å². The Morgan fingerprint density at radius 3 is 2.48 bits per heavy atom. The minimum atomic E-state index is -1.06. The highest BCUT2D eigenvalue weighted by molar-refractivity contribution is 5.66. The molecule has 0 radical (unpaired) electrons. The summed E-state index contributed by atoms with van der Waals surface area (Å²) in [5, 5.41) is 23.7. The molecule has 0 bridgehead atoms. The van der Waals surface area contributed by atoms with Crippen LogP contribution >= 0.6 is 0 Å². The van der Waals surface area contributed by atoms with E-state index in [1.165, 1.54) is 5.56 Å². The van der Waals surface area contributed by atoms with Gasteiger partial charge in [0.05, 0.1) is 5.54 Å². The Labute approximate surface area is 148 Å². The minimum Gasteiger partial charge on any atom is -0.465 e. The maximum atomic E-state index is 11.5. The van der Waals surface area contributed by atoms with Crippen LogP contribution in [0.4, 0.5) is 9.59 Å². The number of hydrogen-bond acceptors (Lipinski definition) is 2. The van der Waals surface area contributed by atoms with E-state index in [0.717, 1.165) is 32.1 Å². The van der Waals surface area contributed by atoms with Gasteiger partial charge in [0.25, 0.3) is 0 Å². The molecule has 1 aliphatic carbocycles. The number of carboxylic acid groups (broad SMARTS) is 2. The summed E-state index contributed by atoms with van der Waals surface area (Å²) < 4.78 is 0. The summed E-state index contributed by atoms with van der Waals surface area (Å²) in [5.41, 5.74) is 0.274. The lowest BCUT2D eigenvalue weighted by Gasteiger charge is -2.51. The second-order valence-electron chi connectivity index (χ2n) is 7.62. The molecule has 0 aliphatic heterocycles. The molecule has 2 amide bonds. The fourth-order valence-corrected chi connectivity index (χ4v) is 4.02. The Hall–Kier alpha value is -2.24. The second kappa shape index (κ2) is 7.76. The van der Waals surface area contributed by atoms with Crippen LogP contribution in [0.1, 0.15) is 51.5 Å². The van der Waals surface area contributed by atoms with Crippen molar-refractivity contribution in [1.29, 1.82) is 0 Å². The van der Waals surface area contributed by atoms with Gasteiger partial charge in [0, 0.05) is 6.04 Å². The van der Waals surface area contributed by atoms with Crippen LogP contribution in [0.2, 0.25) is 0 Å². The lowest BCUT2D eigenvalue weighted by Crippen LogP contribution is -2.62. The number of aryl methyl sites for hydroxylation is 1. The first-order chi connectivity index (χ1) is 11.7. The molecule has 4 N–H and O–H groups in total. The molecule has 1 aromatic rings. The van der Waals surface area contributed by atoms with Crippen LogP contribution in [0.5, 0.6) is 0 Å². The van der Waals surface area contributed by atoms with E-state index in [1.54, 1.807) is 0 Å². The Morgan fingerprint density at radius 2 is 1.88 bits per heavy atom. The van der Waals surface area contributed by atoms with Gasteiger partial charge >= 0.3 is 12.2 Å². The number of hydrogen-bond donors (Lipinski definition) is 4. The van der Waals surface area contributed by atoms with Crippen molar-refractivity contribution in [2.45, 2.75) is 64.0 Å². The zero-order chi connectivity index (χ0) is 18.5. The van der Waals surface area contributed by atoms with Crippen molar-refractivity contribution in [3.8, 4) is 0 Å². The molecule has 2 unspecified atom stereocenters. The third kappa shape index (κ3) is 4.87. The fourth-order valence-electron chi connectivity index (χ4n) is 4.02. The standard InChI is InChI=1S/C19H28N2O4/c1-18(2,12-10-14-7-4-3-5-8-14)19(21-17(24)25)11-6-9-15(13-19)20-16(22)23/h3-5,7-8,15,20-21H,6,9-13H2,1-2H3,(H,22,23)(H,24,25). The van der Waals surface area contributed by atoms with E-state index in [0.29, 0.717) is 6.42 Å². The Bertz CT molecular complexity index is 603. The molecular formula is C19H28N2O4. The van der Waals surface area contributed by atoms with E-state index in [1.807, 2.05) is 18.2 Å². The first-order valence-electron chi connectivity index (χ1n) is 8.79. The molecule has 1 aliphatic rings. The van der Waals surface area contributed by atoms with Crippen molar-refractivity contribution in [2.75, 3.05) is 0 Å². The summed E-state index contributed by atoms with van der Waals surface area (Å²) in [4.78, 5) is 22.5. The van der Waals surface area contributed by atoms with Crippen LogP contribution in [0.25, 0.3) is 0 Å². The highest BCUT2D eigenvalue weighted by Crippen LogP contribution is 2.45. The molecule has 1 aromatic carbocycles. The van der Waals surface area contributed by atoms with Gasteiger partial charge in [-0.15, -0.1) is 0 Å². The van der Waals surface area contributed by atoms with E-state index in [2.05, 4.69) is 36.6 Å². The van der Waals surface area contributed by atoms with Gasteiger partial charge in [-0.2, -0.15) is 0 Å². The van der Waals surface area contributed by atoms with Crippen molar-refractivity contribution in [3.05, 3.63) is 35.9 Å². The maximum absolute atomic E-state index is 11.5. The normalized spacial score (nSPS) is 23.7. The van der Waals surface area contributed by atoms with Crippen LogP contribution in [-0.2, 0) is 6.42 Å². The van der Waals surface area contributed by atoms with Gasteiger partial charge in [-0.1, -0.05) is 44.2 Å². The molecule has 0 saturated heterocycles. The van der Waals surface area contributed by atoms with E-state index >= 15 is 0 Å². The molecule has 6 nitrogen and oxygen atoms in total. The van der Waals surface area contributed by atoms with Gasteiger partial charge in [-0.25, -0.2) is 9.59 Å². The largest absolute Gasteiger partial charge is 0.465 e. The molecule has 1 saturated carbocycles. The number of nitrogens with one attached hydrogen (secondary N) is 2. The third-order valence-corrected chi connectivity index (χ3v) is 5.60. The minimum absolute atomic E-state index is 0.228. The zero-order valence-corrected chi connectivity index (χ0v) is 14.9. The van der Waals surface area contributed by atoms with Gasteiger partial charge in [0.1, 0.15) is 0 Å². The fraction of sp³-hybridized carbons (Fsp3) is 0.579. The van der Waals surface area contributed by atoms with Gasteiger partial charge in [-0.3, -0.25) is 0 Å². The average Bonchev–Trinajstić information content (AvgIpc) is 2.53. The molecule has 138 valence electrons. The molecule has 0 heterocycles. The van der Waals surface area contributed by atoms with Crippen molar-refractivity contribution >= 4 is 12.2 Å². The average molecular weight is 348 g/mol. The zero-order valence-electron chi connectivity index (χ0n) is 14.9. The number of benzene rings is 1. The summed E-state index contributed by atoms with van der Waals surface area (Å²) >= 11 is 0. The van der Waals surface area contributed by atoms with E-state index in [4.69, 9.17) is 5.11 Å². The van der Waals surface area contributed by atoms with Crippen molar-refractivity contribution in [2.24, 2.45) is 5.41 Å². The molecule has 0 aromatic heterocycles. The first-order valence-corrected chi connectivity index (χ1v) is 8.79. The topological polar surface area (TPSA) is 98.7 Å². The molecule has 6 heteroatoms. The molecule has 1 fully saturated rings. The van der Waals surface area contributed by atoms with Gasteiger partial charge in [0.15, 0.2) is 0 Å². The smallest absolute Gasteiger partial charge is 0.405 e. The van der Waals surface area contributed by atoms with Crippen molar-refractivity contribution < 1.29 is 19.8 Å². The predicted octanol–water partition coefficient (Wildman–Crippen LogP) is 3.86. The lowest BCUT2D eigenvalue weighted by atomic mass is 9.61. The summed E-state index contributed by atoms with van der Waals surface area (Å²) in [5.74, 6) is 0. The van der Waals surface area contributed by atoms with Crippen LogP contribution in [-0.4, -0.2) is 34.0 Å². The van der Waals surface area contributed by atoms with E-state index in [9.17, 15) is 14.7 Å². The molecule has 25 heavy (non-hydrogen) atoms. The van der Waals surface area contributed by atoms with Crippen molar-refractivity contribution in [1.82, 2.24) is 10.6 Å². The number of carbonyl (C=O) groups is 2. The lowest BCUT2D eigenvalue weighted by molar-refractivity contribution is 0.0517. The molecule has 2 rings (SSSR count). The maximum Gasteiger partial charge on any atom is 0.405 e. The Morgan fingerprint density at radius 1 is 1.20 bits per heavy atom. The molecule has 0 spiro atoms. The monoisotopic (exact) mass is 348 g/mol. The number of rotatable bonds is 6. The van der Waals surface area contributed by atoms with Gasteiger partial charge in [-0.05, 0) is 49.5 Å². The summed E-state index contributed by atoms with van der Waals surface area (Å²) in [6.45, 7) is 4.16. The highest BCUT2D eigenvalue weighted by Gasteiger charge is 2.48. The molecular weight excluding hydrogens is 320 g/mol. The third-order valence-electron chi connectivity index (χ3n) is 5.60. The summed E-state index contributed by atoms with van der Waals surface area (Å²) in [6.07, 6.45) is 2.29. The van der Waals surface area contributed by atoms with Crippen LogP contribution in [0.15, 0.2) is 30.3 Å². The Kier molecular flexibility index (Phi) is 5.93. The van der Waals surface area contributed by atoms with E-state index < -0.39 is 17.7 Å². The number of amides is 2. The summed E-state index contributed by atoms with van der Waals surface area (Å²) in [6, 6.07) is 9.90. The first kappa shape index (κ1) is 19.1. The Balaban J connectivity index is 2.18. The summed E-state index contributed by atoms with van der Waals surface area (Å²) in [7, 11) is 0. The van der Waals surface area contributed by atoms with E-state index in [-0.39, 0.29) is 11.5 Å². The van der Waals surface area contributed by atoms with Gasteiger partial charge < -0.3 is 20.8 Å². The van der Waals surface area contributed by atoms with Crippen molar-refractivity contribution in [3.63, 3.8) is 0 Å². The SMILES string of the molecule is CC(C)(CCc1ccccc1)C1(NC(=O)O)CCCC(NC(=O)O)C1. The predicted molar refractivity (Wildman–Crippen MR) is 95.9 cm³/mol. The van der Waals surface area contributed by atoms with Crippen LogP contribution in [0, 0.1) is 5.41 Å². The second-order valence-corrected chi connectivity index (χ2v) is 7.62.